The summed E-state index contributed by atoms with van der Waals surface area (Å²) in [6, 6.07) is 12.4. The molecule has 2 rings (SSSR count). The summed E-state index contributed by atoms with van der Waals surface area (Å²) in [5, 5.41) is 3.00. The maximum Gasteiger partial charge on any atom is 0.472 e. The van der Waals surface area contributed by atoms with Crippen molar-refractivity contribution in [1.82, 2.24) is 0 Å². The van der Waals surface area contributed by atoms with Crippen LogP contribution in [-0.2, 0) is 4.79 Å². The van der Waals surface area contributed by atoms with Crippen molar-refractivity contribution in [3.05, 3.63) is 54.1 Å². The first-order valence-electron chi connectivity index (χ1n) is 7.91. The quantitative estimate of drug-likeness (QED) is 0.664. The highest BCUT2D eigenvalue weighted by atomic mass is 32.1. The predicted octanol–water partition coefficient (Wildman–Crippen LogP) is 3.89. The molecule has 26 heavy (non-hydrogen) atoms. The number of nitrogens with zero attached hydrogens (tertiary/aromatic N) is 1. The smallest absolute Gasteiger partial charge is 0.382 e. The van der Waals surface area contributed by atoms with E-state index in [1.807, 2.05) is 0 Å². The monoisotopic (exact) mass is 383 g/mol. The first kappa shape index (κ1) is 20.1. The number of carbonyl (C=O) groups is 1. The summed E-state index contributed by atoms with van der Waals surface area (Å²) < 4.78 is 39.7. The SMILES string of the molecule is Cc1cccc(N(C(=O)C(F)(F)F)c2ccccc2NC[C@@H](N)CS)c1. The second kappa shape index (κ2) is 8.46. The van der Waals surface area contributed by atoms with Crippen LogP contribution < -0.4 is 16.0 Å². The number of nitrogens with two attached hydrogens (primary N) is 1. The van der Waals surface area contributed by atoms with Crippen LogP contribution in [0.15, 0.2) is 48.5 Å². The molecule has 0 spiro atoms. The fourth-order valence-corrected chi connectivity index (χ4v) is 2.51. The Bertz CT molecular complexity index is 767. The molecule has 0 aliphatic carbocycles. The highest BCUT2D eigenvalue weighted by Crippen LogP contribution is 2.36. The normalized spacial score (nSPS) is 12.5. The molecule has 0 saturated carbocycles. The number of alkyl halides is 3. The van der Waals surface area contributed by atoms with E-state index >= 15 is 0 Å². The minimum atomic E-state index is -5.02. The maximum atomic E-state index is 13.2. The van der Waals surface area contributed by atoms with Crippen molar-refractivity contribution < 1.29 is 18.0 Å². The molecule has 0 bridgehead atoms. The van der Waals surface area contributed by atoms with E-state index in [-0.39, 0.29) is 17.4 Å². The maximum absolute atomic E-state index is 13.2. The van der Waals surface area contributed by atoms with Gasteiger partial charge in [-0.25, -0.2) is 0 Å². The fraction of sp³-hybridized carbons (Fsp3) is 0.278. The van der Waals surface area contributed by atoms with Crippen molar-refractivity contribution in [3.63, 3.8) is 0 Å². The Morgan fingerprint density at radius 2 is 1.92 bits per heavy atom. The van der Waals surface area contributed by atoms with Crippen LogP contribution in [0, 0.1) is 6.92 Å². The molecule has 3 N–H and O–H groups in total. The van der Waals surface area contributed by atoms with E-state index in [1.54, 1.807) is 37.3 Å². The number of hydrogen-bond donors (Lipinski definition) is 3. The third kappa shape index (κ3) is 4.92. The number of halogens is 3. The van der Waals surface area contributed by atoms with Gasteiger partial charge in [0.2, 0.25) is 0 Å². The van der Waals surface area contributed by atoms with Crippen molar-refractivity contribution in [3.8, 4) is 0 Å². The standard InChI is InChI=1S/C18H20F3N3OS/c1-12-5-4-6-14(9-12)24(17(25)18(19,20)21)16-8-3-2-7-15(16)23-10-13(22)11-26/h2-9,13,23,26H,10-11,22H2,1H3/t13-/m1/s1. The molecule has 4 nitrogen and oxygen atoms in total. The molecule has 1 atom stereocenters. The van der Waals surface area contributed by atoms with Crippen molar-refractivity contribution in [2.24, 2.45) is 5.73 Å². The van der Waals surface area contributed by atoms with E-state index in [9.17, 15) is 18.0 Å². The molecule has 140 valence electrons. The van der Waals surface area contributed by atoms with Gasteiger partial charge in [0.1, 0.15) is 0 Å². The Morgan fingerprint density at radius 3 is 2.54 bits per heavy atom. The molecular formula is C18H20F3N3OS. The molecule has 0 unspecified atom stereocenters. The number of rotatable bonds is 6. The largest absolute Gasteiger partial charge is 0.472 e. The second-order valence-corrected chi connectivity index (χ2v) is 6.18. The van der Waals surface area contributed by atoms with Gasteiger partial charge in [0.25, 0.3) is 0 Å². The fourth-order valence-electron chi connectivity index (χ4n) is 2.38. The Balaban J connectivity index is 2.51. The van der Waals surface area contributed by atoms with Gasteiger partial charge in [0.15, 0.2) is 0 Å². The number of amides is 1. The summed E-state index contributed by atoms with van der Waals surface area (Å²) in [5.41, 5.74) is 7.17. The third-order valence-corrected chi connectivity index (χ3v) is 4.11. The number of benzene rings is 2. The van der Waals surface area contributed by atoms with Gasteiger partial charge in [0, 0.05) is 24.0 Å². The van der Waals surface area contributed by atoms with Gasteiger partial charge in [-0.2, -0.15) is 25.8 Å². The molecule has 2 aromatic rings. The van der Waals surface area contributed by atoms with E-state index in [0.717, 1.165) is 5.56 Å². The molecule has 0 radical (unpaired) electrons. The number of para-hydroxylation sites is 2. The lowest BCUT2D eigenvalue weighted by Gasteiger charge is -2.27. The van der Waals surface area contributed by atoms with Crippen LogP contribution in [0.3, 0.4) is 0 Å². The summed E-state index contributed by atoms with van der Waals surface area (Å²) in [5.74, 6) is -1.55. The van der Waals surface area contributed by atoms with Gasteiger partial charge < -0.3 is 11.1 Å². The summed E-state index contributed by atoms with van der Waals surface area (Å²) in [6.45, 7) is 2.05. The number of aryl methyl sites for hydroxylation is 1. The number of hydrogen-bond acceptors (Lipinski definition) is 4. The first-order chi connectivity index (χ1) is 12.2. The molecule has 0 heterocycles. The van der Waals surface area contributed by atoms with Crippen LogP contribution in [0.1, 0.15) is 5.56 Å². The van der Waals surface area contributed by atoms with Crippen LogP contribution in [0.25, 0.3) is 0 Å². The Hall–Kier alpha value is -2.19. The third-order valence-electron chi connectivity index (χ3n) is 3.64. The molecule has 0 aliphatic rings. The van der Waals surface area contributed by atoms with Crippen molar-refractivity contribution in [2.75, 3.05) is 22.5 Å². The molecular weight excluding hydrogens is 363 g/mol. The average molecular weight is 383 g/mol. The van der Waals surface area contributed by atoms with Gasteiger partial charge >= 0.3 is 12.1 Å². The number of carbonyl (C=O) groups excluding carboxylic acids is 1. The molecule has 0 saturated heterocycles. The summed E-state index contributed by atoms with van der Waals surface area (Å²) in [6.07, 6.45) is -5.02. The Kier molecular flexibility index (Phi) is 6.55. The van der Waals surface area contributed by atoms with Crippen LogP contribution in [0.4, 0.5) is 30.2 Å². The van der Waals surface area contributed by atoms with Crippen LogP contribution in [-0.4, -0.2) is 30.4 Å². The zero-order valence-corrected chi connectivity index (χ0v) is 15.0. The van der Waals surface area contributed by atoms with Crippen molar-refractivity contribution >= 4 is 35.6 Å². The van der Waals surface area contributed by atoms with Gasteiger partial charge in [-0.15, -0.1) is 0 Å². The lowest BCUT2D eigenvalue weighted by molar-refractivity contribution is -0.169. The van der Waals surface area contributed by atoms with Gasteiger partial charge in [-0.1, -0.05) is 24.3 Å². The number of anilines is 3. The van der Waals surface area contributed by atoms with Gasteiger partial charge in [-0.05, 0) is 36.8 Å². The van der Waals surface area contributed by atoms with E-state index in [4.69, 9.17) is 5.73 Å². The first-order valence-corrected chi connectivity index (χ1v) is 8.54. The van der Waals surface area contributed by atoms with E-state index in [1.165, 1.54) is 18.2 Å². The lowest BCUT2D eigenvalue weighted by Crippen LogP contribution is -2.39. The average Bonchev–Trinajstić information content (AvgIpc) is 2.60. The highest BCUT2D eigenvalue weighted by molar-refractivity contribution is 7.80. The van der Waals surface area contributed by atoms with Crippen molar-refractivity contribution in [2.45, 2.75) is 19.1 Å². The summed E-state index contributed by atoms with van der Waals surface area (Å²) in [7, 11) is 0. The zero-order valence-electron chi connectivity index (χ0n) is 14.1. The summed E-state index contributed by atoms with van der Waals surface area (Å²) in [4.78, 5) is 12.8. The van der Waals surface area contributed by atoms with E-state index in [0.29, 0.717) is 22.9 Å². The Labute approximate surface area is 155 Å². The highest BCUT2D eigenvalue weighted by Gasteiger charge is 2.44. The van der Waals surface area contributed by atoms with Crippen LogP contribution >= 0.6 is 12.6 Å². The Morgan fingerprint density at radius 1 is 1.23 bits per heavy atom. The minimum Gasteiger partial charge on any atom is -0.382 e. The van der Waals surface area contributed by atoms with Gasteiger partial charge in [-0.3, -0.25) is 9.69 Å². The number of nitrogens with one attached hydrogen (secondary N) is 1. The summed E-state index contributed by atoms with van der Waals surface area (Å²) >= 11 is 4.09. The van der Waals surface area contributed by atoms with Gasteiger partial charge in [0.05, 0.1) is 11.4 Å². The number of thiol groups is 1. The van der Waals surface area contributed by atoms with Crippen LogP contribution in [0.2, 0.25) is 0 Å². The minimum absolute atomic E-state index is 0.104. The molecule has 2 aromatic carbocycles. The molecule has 8 heteroatoms. The molecule has 1 amide bonds. The molecule has 0 fully saturated rings. The zero-order chi connectivity index (χ0) is 19.3. The van der Waals surface area contributed by atoms with Crippen LogP contribution in [0.5, 0.6) is 0 Å². The molecule has 0 aliphatic heterocycles. The predicted molar refractivity (Wildman–Crippen MR) is 101 cm³/mol. The van der Waals surface area contributed by atoms with E-state index < -0.39 is 12.1 Å². The van der Waals surface area contributed by atoms with E-state index in [2.05, 4.69) is 17.9 Å². The lowest BCUT2D eigenvalue weighted by atomic mass is 10.1. The topological polar surface area (TPSA) is 58.4 Å². The van der Waals surface area contributed by atoms with Crippen molar-refractivity contribution in [1.29, 1.82) is 0 Å². The second-order valence-electron chi connectivity index (χ2n) is 5.82. The molecule has 0 aromatic heterocycles.